The summed E-state index contributed by atoms with van der Waals surface area (Å²) in [6.07, 6.45) is 9.80. The maximum Gasteiger partial charge on any atom is 0.307 e. The summed E-state index contributed by atoms with van der Waals surface area (Å²) in [6, 6.07) is 0. The molecular weight excluding hydrogens is 214 g/mol. The topological polar surface area (TPSA) is 52.3 Å². The van der Waals surface area contributed by atoms with Gasteiger partial charge in [0, 0.05) is 6.54 Å². The normalized spacial score (nSPS) is 12.4. The SMILES string of the molecule is CCCCCCCC(CCC)OC(=O)CCN. The molecule has 17 heavy (non-hydrogen) atoms. The summed E-state index contributed by atoms with van der Waals surface area (Å²) in [5.41, 5.74) is 5.33. The number of carbonyl (C=O) groups is 1. The molecule has 0 amide bonds. The molecule has 0 saturated carbocycles. The van der Waals surface area contributed by atoms with Crippen molar-refractivity contribution in [2.24, 2.45) is 5.73 Å². The highest BCUT2D eigenvalue weighted by molar-refractivity contribution is 5.69. The average molecular weight is 243 g/mol. The molecule has 3 heteroatoms. The maximum absolute atomic E-state index is 11.4. The Bertz CT molecular complexity index is 183. The third kappa shape index (κ3) is 10.3. The largest absolute Gasteiger partial charge is 0.462 e. The number of hydrogen-bond acceptors (Lipinski definition) is 3. The lowest BCUT2D eigenvalue weighted by atomic mass is 10.1. The highest BCUT2D eigenvalue weighted by Crippen LogP contribution is 2.14. The first-order chi connectivity index (χ1) is 8.24. The fourth-order valence-electron chi connectivity index (χ4n) is 1.92. The molecule has 0 fully saturated rings. The second-order valence-corrected chi connectivity index (χ2v) is 4.64. The van der Waals surface area contributed by atoms with Crippen molar-refractivity contribution in [1.29, 1.82) is 0 Å². The van der Waals surface area contributed by atoms with Crippen LogP contribution in [0.4, 0.5) is 0 Å². The van der Waals surface area contributed by atoms with Crippen LogP contribution >= 0.6 is 0 Å². The average Bonchev–Trinajstić information content (AvgIpc) is 2.29. The van der Waals surface area contributed by atoms with Gasteiger partial charge >= 0.3 is 5.97 Å². The van der Waals surface area contributed by atoms with E-state index in [0.29, 0.717) is 13.0 Å². The second-order valence-electron chi connectivity index (χ2n) is 4.64. The molecule has 0 bridgehead atoms. The van der Waals surface area contributed by atoms with Crippen molar-refractivity contribution >= 4 is 5.97 Å². The van der Waals surface area contributed by atoms with E-state index in [-0.39, 0.29) is 12.1 Å². The minimum absolute atomic E-state index is 0.112. The van der Waals surface area contributed by atoms with Gasteiger partial charge in [-0.05, 0) is 19.3 Å². The fraction of sp³-hybridized carbons (Fsp3) is 0.929. The van der Waals surface area contributed by atoms with Crippen LogP contribution in [0.5, 0.6) is 0 Å². The van der Waals surface area contributed by atoms with E-state index in [2.05, 4.69) is 13.8 Å². The molecule has 0 aliphatic heterocycles. The van der Waals surface area contributed by atoms with Crippen molar-refractivity contribution in [3.63, 3.8) is 0 Å². The summed E-state index contributed by atoms with van der Waals surface area (Å²) in [5.74, 6) is -0.139. The van der Waals surface area contributed by atoms with Crippen molar-refractivity contribution in [2.45, 2.75) is 77.7 Å². The van der Waals surface area contributed by atoms with Crippen LogP contribution in [-0.4, -0.2) is 18.6 Å². The summed E-state index contributed by atoms with van der Waals surface area (Å²) in [4.78, 5) is 11.4. The Kier molecular flexibility index (Phi) is 11.5. The highest BCUT2D eigenvalue weighted by Gasteiger charge is 2.12. The number of unbranched alkanes of at least 4 members (excludes halogenated alkanes) is 4. The summed E-state index contributed by atoms with van der Waals surface area (Å²) >= 11 is 0. The van der Waals surface area contributed by atoms with Crippen molar-refractivity contribution in [1.82, 2.24) is 0 Å². The molecule has 0 aliphatic rings. The predicted octanol–water partition coefficient (Wildman–Crippen LogP) is 3.41. The van der Waals surface area contributed by atoms with E-state index in [4.69, 9.17) is 10.5 Å². The van der Waals surface area contributed by atoms with Gasteiger partial charge in [0.1, 0.15) is 6.10 Å². The van der Waals surface area contributed by atoms with Crippen molar-refractivity contribution < 1.29 is 9.53 Å². The van der Waals surface area contributed by atoms with Gasteiger partial charge in [-0.2, -0.15) is 0 Å². The zero-order valence-electron chi connectivity index (χ0n) is 11.5. The Hall–Kier alpha value is -0.570. The molecule has 0 aromatic heterocycles. The van der Waals surface area contributed by atoms with E-state index in [0.717, 1.165) is 19.3 Å². The molecule has 0 rings (SSSR count). The van der Waals surface area contributed by atoms with Gasteiger partial charge in [0.15, 0.2) is 0 Å². The lowest BCUT2D eigenvalue weighted by Crippen LogP contribution is -2.20. The van der Waals surface area contributed by atoms with E-state index >= 15 is 0 Å². The number of rotatable bonds is 11. The van der Waals surface area contributed by atoms with Gasteiger partial charge in [0.25, 0.3) is 0 Å². The summed E-state index contributed by atoms with van der Waals surface area (Å²) in [7, 11) is 0. The quantitative estimate of drug-likeness (QED) is 0.447. The lowest BCUT2D eigenvalue weighted by Gasteiger charge is -2.17. The molecule has 0 aromatic carbocycles. The van der Waals surface area contributed by atoms with E-state index in [1.54, 1.807) is 0 Å². The van der Waals surface area contributed by atoms with E-state index < -0.39 is 0 Å². The molecule has 0 radical (unpaired) electrons. The van der Waals surface area contributed by atoms with Gasteiger partial charge in [0.2, 0.25) is 0 Å². The van der Waals surface area contributed by atoms with Crippen LogP contribution in [-0.2, 0) is 9.53 Å². The lowest BCUT2D eigenvalue weighted by molar-refractivity contribution is -0.149. The minimum Gasteiger partial charge on any atom is -0.462 e. The van der Waals surface area contributed by atoms with Crippen LogP contribution in [0.3, 0.4) is 0 Å². The van der Waals surface area contributed by atoms with Gasteiger partial charge in [-0.3, -0.25) is 4.79 Å². The van der Waals surface area contributed by atoms with Crippen LogP contribution in [0, 0.1) is 0 Å². The number of carbonyl (C=O) groups excluding carboxylic acids is 1. The zero-order chi connectivity index (χ0) is 12.9. The molecule has 1 unspecified atom stereocenters. The third-order valence-corrected chi connectivity index (χ3v) is 2.89. The third-order valence-electron chi connectivity index (χ3n) is 2.89. The first-order valence-corrected chi connectivity index (χ1v) is 7.14. The molecule has 0 aromatic rings. The second kappa shape index (κ2) is 11.9. The molecular formula is C14H29NO2. The van der Waals surface area contributed by atoms with Crippen LogP contribution in [0.2, 0.25) is 0 Å². The van der Waals surface area contributed by atoms with E-state index in [9.17, 15) is 4.79 Å². The maximum atomic E-state index is 11.4. The van der Waals surface area contributed by atoms with Crippen LogP contribution in [0.1, 0.15) is 71.6 Å². The molecule has 1 atom stereocenters. The van der Waals surface area contributed by atoms with E-state index in [1.807, 2.05) is 0 Å². The molecule has 102 valence electrons. The van der Waals surface area contributed by atoms with Gasteiger partial charge < -0.3 is 10.5 Å². The molecule has 2 N–H and O–H groups in total. The van der Waals surface area contributed by atoms with Crippen LogP contribution < -0.4 is 5.73 Å². The van der Waals surface area contributed by atoms with Crippen molar-refractivity contribution in [3.05, 3.63) is 0 Å². The smallest absolute Gasteiger partial charge is 0.307 e. The van der Waals surface area contributed by atoms with Gasteiger partial charge in [-0.1, -0.05) is 46.0 Å². The summed E-state index contributed by atoms with van der Waals surface area (Å²) in [6.45, 7) is 4.73. The summed E-state index contributed by atoms with van der Waals surface area (Å²) in [5, 5.41) is 0. The highest BCUT2D eigenvalue weighted by atomic mass is 16.5. The van der Waals surface area contributed by atoms with Gasteiger partial charge in [-0.15, -0.1) is 0 Å². The number of hydrogen-bond donors (Lipinski definition) is 1. The molecule has 3 nitrogen and oxygen atoms in total. The molecule has 0 aliphatic carbocycles. The number of esters is 1. The molecule has 0 heterocycles. The van der Waals surface area contributed by atoms with Gasteiger partial charge in [0.05, 0.1) is 6.42 Å². The molecule has 0 spiro atoms. The number of ether oxygens (including phenoxy) is 1. The zero-order valence-corrected chi connectivity index (χ0v) is 11.5. The Morgan fingerprint density at radius 2 is 1.76 bits per heavy atom. The molecule has 0 saturated heterocycles. The van der Waals surface area contributed by atoms with E-state index in [1.165, 1.54) is 32.1 Å². The number of nitrogens with two attached hydrogens (primary N) is 1. The minimum atomic E-state index is -0.139. The Morgan fingerprint density at radius 3 is 2.35 bits per heavy atom. The summed E-state index contributed by atoms with van der Waals surface area (Å²) < 4.78 is 5.42. The Morgan fingerprint density at radius 1 is 1.06 bits per heavy atom. The van der Waals surface area contributed by atoms with Gasteiger partial charge in [-0.25, -0.2) is 0 Å². The Labute approximate surface area is 106 Å². The first kappa shape index (κ1) is 16.4. The Balaban J connectivity index is 3.69. The van der Waals surface area contributed by atoms with Crippen molar-refractivity contribution in [3.8, 4) is 0 Å². The fourth-order valence-corrected chi connectivity index (χ4v) is 1.92. The standard InChI is InChI=1S/C14H29NO2/c1-3-5-6-7-8-10-13(9-4-2)17-14(16)11-12-15/h13H,3-12,15H2,1-2H3. The van der Waals surface area contributed by atoms with Crippen molar-refractivity contribution in [2.75, 3.05) is 6.54 Å². The first-order valence-electron chi connectivity index (χ1n) is 7.14. The van der Waals surface area contributed by atoms with Crippen LogP contribution in [0.25, 0.3) is 0 Å². The van der Waals surface area contributed by atoms with Crippen LogP contribution in [0.15, 0.2) is 0 Å². The predicted molar refractivity (Wildman–Crippen MR) is 71.8 cm³/mol. The monoisotopic (exact) mass is 243 g/mol.